The average Bonchev–Trinajstić information content (AvgIpc) is 2.08. The van der Waals surface area contributed by atoms with Crippen LogP contribution in [-0.4, -0.2) is 5.91 Å². The molecule has 1 aromatic rings. The minimum absolute atomic E-state index is 0.0880. The van der Waals surface area contributed by atoms with Gasteiger partial charge in [-0.3, -0.25) is 0 Å². The van der Waals surface area contributed by atoms with Gasteiger partial charge in [0.1, 0.15) is 11.4 Å². The number of primary amides is 1. The molecule has 2 N–H and O–H groups in total. The normalized spacial score (nSPS) is 9.92. The van der Waals surface area contributed by atoms with Gasteiger partial charge in [-0.2, -0.15) is 0 Å². The Kier molecular flexibility index (Phi) is 2.55. The van der Waals surface area contributed by atoms with Crippen LogP contribution in [0.5, 0.6) is 0 Å². The van der Waals surface area contributed by atoms with E-state index in [2.05, 4.69) is 7.05 Å². The highest BCUT2D eigenvalue weighted by Gasteiger charge is 2.10. The smallest absolute Gasteiger partial charge is 0.319 e. The number of rotatable bonds is 1. The molecule has 0 aliphatic heterocycles. The topological polar surface area (TPSA) is 33.7 Å². The molecular formula is C9H10FNO. The van der Waals surface area contributed by atoms with Crippen LogP contribution in [0, 0.1) is 19.8 Å². The van der Waals surface area contributed by atoms with Crippen LogP contribution < -0.4 is 5.32 Å². The number of halogens is 1. The van der Waals surface area contributed by atoms with Crippen molar-refractivity contribution in [2.75, 3.05) is 0 Å². The second kappa shape index (κ2) is 3.45. The zero-order chi connectivity index (χ0) is 9.14. The van der Waals surface area contributed by atoms with Crippen LogP contribution in [-0.2, 0) is 0 Å². The molecular weight excluding hydrogens is 157 g/mol. The van der Waals surface area contributed by atoms with E-state index in [0.29, 0.717) is 0 Å². The second-order valence-corrected chi connectivity index (χ2v) is 2.55. The summed E-state index contributed by atoms with van der Waals surface area (Å²) in [4.78, 5) is 11.0. The minimum atomic E-state index is -0.495. The van der Waals surface area contributed by atoms with Gasteiger partial charge in [0, 0.05) is 0 Å². The van der Waals surface area contributed by atoms with Gasteiger partial charge in [-0.25, -0.2) is 9.18 Å². The molecule has 0 unspecified atom stereocenters. The van der Waals surface area contributed by atoms with E-state index in [1.807, 2.05) is 0 Å². The van der Waals surface area contributed by atoms with Gasteiger partial charge >= 0.3 is 5.91 Å². The van der Waals surface area contributed by atoms with Gasteiger partial charge in [-0.1, -0.05) is 6.07 Å². The molecule has 64 valence electrons. The summed E-state index contributed by atoms with van der Waals surface area (Å²) in [6.45, 7) is 1.80. The van der Waals surface area contributed by atoms with Crippen LogP contribution in [0.2, 0.25) is 0 Å². The molecule has 0 aromatic heterocycles. The highest BCUT2D eigenvalue weighted by molar-refractivity contribution is 5.87. The van der Waals surface area contributed by atoms with Crippen molar-refractivity contribution in [2.45, 2.75) is 6.92 Å². The lowest BCUT2D eigenvalue weighted by Gasteiger charge is -2.01. The standard InChI is InChI=1S/C9H10FNO/c1-6-3-4-8(10)7(5-6)9(12)11-2/h3-5H,2,11H2,1H3. The number of nitrogens with two attached hydrogens (primary N) is 1. The van der Waals surface area contributed by atoms with Crippen molar-refractivity contribution >= 4 is 5.91 Å². The molecule has 0 saturated carbocycles. The molecule has 0 atom stereocenters. The maximum absolute atomic E-state index is 12.9. The van der Waals surface area contributed by atoms with Crippen LogP contribution in [0.15, 0.2) is 18.2 Å². The van der Waals surface area contributed by atoms with E-state index < -0.39 is 5.82 Å². The summed E-state index contributed by atoms with van der Waals surface area (Å²) in [5.74, 6) is -0.873. The average molecular weight is 167 g/mol. The number of hydrogen-bond acceptors (Lipinski definition) is 1. The molecule has 0 aliphatic carbocycles. The van der Waals surface area contributed by atoms with E-state index in [1.54, 1.807) is 13.0 Å². The molecule has 2 nitrogen and oxygen atoms in total. The first-order valence-electron chi connectivity index (χ1n) is 3.58. The zero-order valence-corrected chi connectivity index (χ0v) is 6.80. The molecule has 0 radical (unpaired) electrons. The first-order valence-corrected chi connectivity index (χ1v) is 3.58. The fourth-order valence-corrected chi connectivity index (χ4v) is 0.938. The molecule has 0 fully saturated rings. The van der Waals surface area contributed by atoms with Crippen LogP contribution in [0.25, 0.3) is 0 Å². The van der Waals surface area contributed by atoms with Crippen LogP contribution >= 0.6 is 0 Å². The Morgan fingerprint density at radius 3 is 2.83 bits per heavy atom. The highest BCUT2D eigenvalue weighted by Crippen LogP contribution is 2.08. The summed E-state index contributed by atoms with van der Waals surface area (Å²) < 4.78 is 12.9. The van der Waals surface area contributed by atoms with Gasteiger partial charge in [0.15, 0.2) is 0 Å². The monoisotopic (exact) mass is 167 g/mol. The fourth-order valence-electron chi connectivity index (χ4n) is 0.938. The van der Waals surface area contributed by atoms with Crippen molar-refractivity contribution in [1.29, 1.82) is 0 Å². The Bertz CT molecular complexity index is 309. The lowest BCUT2D eigenvalue weighted by molar-refractivity contribution is -0.489. The molecule has 1 aromatic carbocycles. The molecule has 1 amide bonds. The zero-order valence-electron chi connectivity index (χ0n) is 6.80. The first-order chi connectivity index (χ1) is 5.65. The molecule has 1 rings (SSSR count). The summed E-state index contributed by atoms with van der Waals surface area (Å²) >= 11 is 0. The van der Waals surface area contributed by atoms with E-state index in [1.165, 1.54) is 12.1 Å². The van der Waals surface area contributed by atoms with Gasteiger partial charge in [0.05, 0.1) is 0 Å². The lowest BCUT2D eigenvalue weighted by atomic mass is 10.1. The molecule has 0 bridgehead atoms. The minimum Gasteiger partial charge on any atom is -0.411 e. The Morgan fingerprint density at radius 2 is 2.25 bits per heavy atom. The Morgan fingerprint density at radius 1 is 1.58 bits per heavy atom. The van der Waals surface area contributed by atoms with Crippen molar-refractivity contribution in [2.24, 2.45) is 0 Å². The predicted octanol–water partition coefficient (Wildman–Crippen LogP) is 0.629. The Hall–Kier alpha value is -1.22. The van der Waals surface area contributed by atoms with E-state index in [4.69, 9.17) is 0 Å². The summed E-state index contributed by atoms with van der Waals surface area (Å²) in [5, 5.41) is 1.11. The maximum Gasteiger partial charge on any atom is 0.319 e. The Balaban J connectivity index is 3.13. The van der Waals surface area contributed by atoms with Gasteiger partial charge in [0.25, 0.3) is 0 Å². The molecule has 0 heterocycles. The van der Waals surface area contributed by atoms with E-state index >= 15 is 0 Å². The van der Waals surface area contributed by atoms with E-state index in [-0.39, 0.29) is 11.5 Å². The third kappa shape index (κ3) is 1.68. The molecule has 12 heavy (non-hydrogen) atoms. The maximum atomic E-state index is 12.9. The third-order valence-corrected chi connectivity index (χ3v) is 1.57. The van der Waals surface area contributed by atoms with Crippen LogP contribution in [0.3, 0.4) is 0 Å². The van der Waals surface area contributed by atoms with Gasteiger partial charge in [-0.05, 0) is 24.6 Å². The number of amides is 1. The summed E-state index contributed by atoms with van der Waals surface area (Å²) in [6.07, 6.45) is 0. The van der Waals surface area contributed by atoms with Crippen molar-refractivity contribution in [3.63, 3.8) is 0 Å². The first kappa shape index (κ1) is 8.87. The second-order valence-electron chi connectivity index (χ2n) is 2.55. The largest absolute Gasteiger partial charge is 0.411 e. The summed E-state index contributed by atoms with van der Waals surface area (Å²) in [6, 6.07) is 4.42. The SMILES string of the molecule is [CH2-][NH2+]C(=O)c1cc(C)ccc1F. The van der Waals surface area contributed by atoms with Gasteiger partial charge in [0.2, 0.25) is 0 Å². The van der Waals surface area contributed by atoms with Crippen molar-refractivity contribution in [1.82, 2.24) is 0 Å². The highest BCUT2D eigenvalue weighted by atomic mass is 19.1. The van der Waals surface area contributed by atoms with Crippen LogP contribution in [0.4, 0.5) is 4.39 Å². The molecule has 0 saturated heterocycles. The third-order valence-electron chi connectivity index (χ3n) is 1.57. The number of carbonyl (C=O) groups excluding carboxylic acids is 1. The van der Waals surface area contributed by atoms with Crippen molar-refractivity contribution in [3.8, 4) is 0 Å². The lowest BCUT2D eigenvalue weighted by Crippen LogP contribution is -2.81. The number of aryl methyl sites for hydroxylation is 1. The molecule has 3 heteroatoms. The van der Waals surface area contributed by atoms with Crippen molar-refractivity contribution < 1.29 is 14.5 Å². The summed E-state index contributed by atoms with van der Waals surface area (Å²) in [5.41, 5.74) is 0.951. The van der Waals surface area contributed by atoms with E-state index in [0.717, 1.165) is 10.9 Å². The van der Waals surface area contributed by atoms with Crippen LogP contribution in [0.1, 0.15) is 15.9 Å². The number of hydrogen-bond donors (Lipinski definition) is 1. The number of carbonyl (C=O) groups is 1. The molecule has 0 aliphatic rings. The summed E-state index contributed by atoms with van der Waals surface area (Å²) in [7, 11) is 3.29. The van der Waals surface area contributed by atoms with E-state index in [9.17, 15) is 9.18 Å². The number of benzene rings is 1. The predicted molar refractivity (Wildman–Crippen MR) is 42.7 cm³/mol. The quantitative estimate of drug-likeness (QED) is 0.611. The molecule has 0 spiro atoms. The van der Waals surface area contributed by atoms with Crippen molar-refractivity contribution in [3.05, 3.63) is 42.2 Å². The van der Waals surface area contributed by atoms with Gasteiger partial charge in [-0.15, -0.1) is 7.05 Å². The van der Waals surface area contributed by atoms with Gasteiger partial charge < -0.3 is 5.32 Å². The Labute approximate surface area is 70.4 Å². The fraction of sp³-hybridized carbons (Fsp3) is 0.111. The number of quaternary nitrogens is 1.